The second-order valence-corrected chi connectivity index (χ2v) is 2.78. The van der Waals surface area contributed by atoms with Gasteiger partial charge in [-0.1, -0.05) is 0 Å². The van der Waals surface area contributed by atoms with Gasteiger partial charge in [-0.3, -0.25) is 0 Å². The number of ether oxygens (including phenoxy) is 1. The van der Waals surface area contributed by atoms with Gasteiger partial charge in [-0.05, 0) is 25.0 Å². The largest absolute Gasteiger partial charge is 0.481 e. The molecule has 0 saturated carbocycles. The van der Waals surface area contributed by atoms with Crippen molar-refractivity contribution in [3.63, 3.8) is 0 Å². The van der Waals surface area contributed by atoms with Crippen LogP contribution >= 0.6 is 0 Å². The summed E-state index contributed by atoms with van der Waals surface area (Å²) in [6.45, 7) is 2.43. The van der Waals surface area contributed by atoms with Crippen LogP contribution in [0.25, 0.3) is 0 Å². The third kappa shape index (κ3) is 3.01. The zero-order valence-corrected chi connectivity index (χ0v) is 7.91. The Balaban J connectivity index is 2.76. The van der Waals surface area contributed by atoms with Crippen molar-refractivity contribution in [1.29, 1.82) is 0 Å². The maximum Gasteiger partial charge on any atom is 0.213 e. The van der Waals surface area contributed by atoms with Gasteiger partial charge in [0.2, 0.25) is 5.88 Å². The molecule has 4 heteroatoms. The van der Waals surface area contributed by atoms with Crippen molar-refractivity contribution < 1.29 is 9.57 Å². The van der Waals surface area contributed by atoms with E-state index in [1.165, 1.54) is 0 Å². The maximum absolute atomic E-state index is 5.03. The van der Waals surface area contributed by atoms with E-state index in [4.69, 9.17) is 10.6 Å². The number of hydrogen-bond donors (Lipinski definition) is 1. The lowest BCUT2D eigenvalue weighted by Gasteiger charge is -2.04. The number of methoxy groups -OCH3 is 1. The Morgan fingerprint density at radius 3 is 2.85 bits per heavy atom. The van der Waals surface area contributed by atoms with Crippen LogP contribution in [0.1, 0.15) is 11.3 Å². The Bertz CT molecular complexity index is 276. The van der Waals surface area contributed by atoms with Crippen LogP contribution in [0.15, 0.2) is 12.1 Å². The summed E-state index contributed by atoms with van der Waals surface area (Å²) in [5.74, 6) is 5.57. The van der Waals surface area contributed by atoms with Crippen LogP contribution in [-0.4, -0.2) is 18.7 Å². The molecule has 0 aromatic carbocycles. The van der Waals surface area contributed by atoms with Gasteiger partial charge in [0.05, 0.1) is 13.7 Å². The molecule has 4 nitrogen and oxygen atoms in total. The fourth-order valence-electron chi connectivity index (χ4n) is 1.13. The summed E-state index contributed by atoms with van der Waals surface area (Å²) < 4.78 is 5.03. The van der Waals surface area contributed by atoms with E-state index in [1.807, 2.05) is 19.1 Å². The summed E-state index contributed by atoms with van der Waals surface area (Å²) in [5.41, 5.74) is 2.06. The number of nitrogens with two attached hydrogens (primary N) is 1. The van der Waals surface area contributed by atoms with E-state index in [9.17, 15) is 0 Å². The minimum absolute atomic E-state index is 0.507. The Morgan fingerprint density at radius 1 is 1.46 bits per heavy atom. The van der Waals surface area contributed by atoms with Gasteiger partial charge >= 0.3 is 0 Å². The van der Waals surface area contributed by atoms with Crippen molar-refractivity contribution in [3.8, 4) is 5.88 Å². The average Bonchev–Trinajstić information content (AvgIpc) is 2.14. The van der Waals surface area contributed by atoms with E-state index in [1.54, 1.807) is 7.11 Å². The molecule has 1 aromatic rings. The highest BCUT2D eigenvalue weighted by molar-refractivity contribution is 5.24. The van der Waals surface area contributed by atoms with E-state index in [0.29, 0.717) is 12.5 Å². The van der Waals surface area contributed by atoms with Gasteiger partial charge in [-0.15, -0.1) is 0 Å². The van der Waals surface area contributed by atoms with Crippen molar-refractivity contribution in [2.75, 3.05) is 13.7 Å². The van der Waals surface area contributed by atoms with Crippen LogP contribution in [-0.2, 0) is 11.3 Å². The van der Waals surface area contributed by atoms with Crippen molar-refractivity contribution in [2.24, 2.45) is 5.90 Å². The van der Waals surface area contributed by atoms with E-state index in [0.717, 1.165) is 17.7 Å². The first kappa shape index (κ1) is 9.95. The number of hydrogen-bond acceptors (Lipinski definition) is 4. The molecule has 1 rings (SSSR count). The molecule has 0 atom stereocenters. The van der Waals surface area contributed by atoms with Crippen LogP contribution in [0.2, 0.25) is 0 Å². The van der Waals surface area contributed by atoms with Gasteiger partial charge in [0.1, 0.15) is 0 Å². The van der Waals surface area contributed by atoms with Crippen LogP contribution in [0.3, 0.4) is 0 Å². The minimum atomic E-state index is 0.507. The molecule has 0 aliphatic carbocycles. The zero-order valence-electron chi connectivity index (χ0n) is 7.91. The number of nitrogens with zero attached hydrogens (tertiary/aromatic N) is 1. The van der Waals surface area contributed by atoms with Crippen molar-refractivity contribution in [1.82, 2.24) is 4.98 Å². The summed E-state index contributed by atoms with van der Waals surface area (Å²) in [4.78, 5) is 8.66. The standard InChI is InChI=1S/C9H14N2O2/c1-7-5-8(3-4-13-10)6-9(11-7)12-2/h5-6H,3-4,10H2,1-2H3. The fraction of sp³-hybridized carbons (Fsp3) is 0.444. The molecule has 0 aliphatic heterocycles. The predicted molar refractivity (Wildman–Crippen MR) is 49.4 cm³/mol. The van der Waals surface area contributed by atoms with Gasteiger partial charge in [0, 0.05) is 11.8 Å². The van der Waals surface area contributed by atoms with E-state index >= 15 is 0 Å². The molecular formula is C9H14N2O2. The monoisotopic (exact) mass is 182 g/mol. The van der Waals surface area contributed by atoms with Gasteiger partial charge < -0.3 is 9.57 Å². The van der Waals surface area contributed by atoms with E-state index in [-0.39, 0.29) is 0 Å². The highest BCUT2D eigenvalue weighted by Gasteiger charge is 1.99. The summed E-state index contributed by atoms with van der Waals surface area (Å²) in [6, 6.07) is 3.87. The molecule has 0 aliphatic rings. The van der Waals surface area contributed by atoms with Crippen molar-refractivity contribution in [3.05, 3.63) is 23.4 Å². The van der Waals surface area contributed by atoms with Gasteiger partial charge in [-0.25, -0.2) is 10.9 Å². The quantitative estimate of drug-likeness (QED) is 0.701. The Labute approximate surface area is 77.6 Å². The summed E-state index contributed by atoms with van der Waals surface area (Å²) >= 11 is 0. The Kier molecular flexibility index (Phi) is 3.67. The van der Waals surface area contributed by atoms with E-state index in [2.05, 4.69) is 9.82 Å². The van der Waals surface area contributed by atoms with Crippen LogP contribution in [0, 0.1) is 6.92 Å². The SMILES string of the molecule is COc1cc(CCON)cc(C)n1. The lowest BCUT2D eigenvalue weighted by atomic mass is 10.2. The van der Waals surface area contributed by atoms with Gasteiger partial charge in [0.25, 0.3) is 0 Å². The zero-order chi connectivity index (χ0) is 9.68. The number of aromatic nitrogens is 1. The summed E-state index contributed by atoms with van der Waals surface area (Å²) in [7, 11) is 1.60. The maximum atomic E-state index is 5.03. The third-order valence-corrected chi connectivity index (χ3v) is 1.71. The van der Waals surface area contributed by atoms with Crippen molar-refractivity contribution >= 4 is 0 Å². The normalized spacial score (nSPS) is 10.1. The highest BCUT2D eigenvalue weighted by atomic mass is 16.6. The summed E-state index contributed by atoms with van der Waals surface area (Å²) in [6.07, 6.45) is 0.774. The molecule has 2 N–H and O–H groups in total. The number of rotatable bonds is 4. The molecule has 0 spiro atoms. The average molecular weight is 182 g/mol. The molecule has 1 heterocycles. The minimum Gasteiger partial charge on any atom is -0.481 e. The van der Waals surface area contributed by atoms with Gasteiger partial charge in [-0.2, -0.15) is 0 Å². The first-order chi connectivity index (χ1) is 6.26. The predicted octanol–water partition coefficient (Wildman–Crippen LogP) is 0.831. The van der Waals surface area contributed by atoms with Crippen LogP contribution in [0.4, 0.5) is 0 Å². The smallest absolute Gasteiger partial charge is 0.213 e. The van der Waals surface area contributed by atoms with Gasteiger partial charge in [0.15, 0.2) is 0 Å². The molecule has 0 radical (unpaired) electrons. The molecule has 1 aromatic heterocycles. The fourth-order valence-corrected chi connectivity index (χ4v) is 1.13. The lowest BCUT2D eigenvalue weighted by Crippen LogP contribution is -2.04. The first-order valence-corrected chi connectivity index (χ1v) is 4.09. The highest BCUT2D eigenvalue weighted by Crippen LogP contribution is 2.12. The molecule has 0 unspecified atom stereocenters. The number of pyridine rings is 1. The van der Waals surface area contributed by atoms with E-state index < -0.39 is 0 Å². The molecular weight excluding hydrogens is 168 g/mol. The van der Waals surface area contributed by atoms with Crippen LogP contribution < -0.4 is 10.6 Å². The third-order valence-electron chi connectivity index (χ3n) is 1.71. The Morgan fingerprint density at radius 2 is 2.23 bits per heavy atom. The topological polar surface area (TPSA) is 57.4 Å². The Hall–Kier alpha value is -1.13. The second-order valence-electron chi connectivity index (χ2n) is 2.78. The molecule has 0 amide bonds. The molecule has 0 bridgehead atoms. The second kappa shape index (κ2) is 4.79. The molecule has 0 saturated heterocycles. The van der Waals surface area contributed by atoms with Crippen LogP contribution in [0.5, 0.6) is 5.88 Å². The molecule has 72 valence electrons. The van der Waals surface area contributed by atoms with Crippen molar-refractivity contribution in [2.45, 2.75) is 13.3 Å². The lowest BCUT2D eigenvalue weighted by molar-refractivity contribution is 0.141. The summed E-state index contributed by atoms with van der Waals surface area (Å²) in [5, 5.41) is 0. The first-order valence-electron chi connectivity index (χ1n) is 4.09. The molecule has 13 heavy (non-hydrogen) atoms. The molecule has 0 fully saturated rings. The number of aryl methyl sites for hydroxylation is 1.